The molecule has 0 saturated carbocycles. The maximum Gasteiger partial charge on any atom is 0.311 e. The minimum absolute atomic E-state index is 0.290. The predicted molar refractivity (Wildman–Crippen MR) is 93.7 cm³/mol. The molecule has 2 aromatic carbocycles. The average molecular weight is 334 g/mol. The number of allylic oxidation sites excluding steroid dienone is 1. The number of hydrogen-bond acceptors (Lipinski definition) is 5. The summed E-state index contributed by atoms with van der Waals surface area (Å²) in [5.41, 5.74) is 2.01. The van der Waals surface area contributed by atoms with Gasteiger partial charge in [0.2, 0.25) is 0 Å². The van der Waals surface area contributed by atoms with Crippen molar-refractivity contribution >= 4 is 28.4 Å². The number of aromatic hydroxyl groups is 1. The lowest BCUT2D eigenvalue weighted by atomic mass is 10.1. The first kappa shape index (κ1) is 16.2. The molecule has 25 heavy (non-hydrogen) atoms. The van der Waals surface area contributed by atoms with Crippen LogP contribution in [0, 0.1) is 21.4 Å². The lowest BCUT2D eigenvalue weighted by molar-refractivity contribution is -0.385. The van der Waals surface area contributed by atoms with Gasteiger partial charge in [-0.25, -0.2) is 4.98 Å². The number of hydrogen-bond donors (Lipinski definition) is 1. The summed E-state index contributed by atoms with van der Waals surface area (Å²) in [4.78, 5) is 14.8. The zero-order valence-corrected chi connectivity index (χ0v) is 13.4. The van der Waals surface area contributed by atoms with E-state index >= 15 is 0 Å². The number of aryl methyl sites for hydroxylation is 1. The molecule has 7 nitrogen and oxygen atoms in total. The minimum atomic E-state index is -0.667. The van der Waals surface area contributed by atoms with Crippen LogP contribution in [-0.2, 0) is 6.54 Å². The van der Waals surface area contributed by atoms with Crippen LogP contribution in [0.2, 0.25) is 0 Å². The third kappa shape index (κ3) is 2.93. The zero-order chi connectivity index (χ0) is 18.0. The molecule has 3 aromatic rings. The first-order valence-corrected chi connectivity index (χ1v) is 7.60. The molecule has 0 saturated heterocycles. The molecule has 0 aliphatic heterocycles. The van der Waals surface area contributed by atoms with E-state index in [0.717, 1.165) is 11.0 Å². The monoisotopic (exact) mass is 334 g/mol. The fourth-order valence-electron chi connectivity index (χ4n) is 2.69. The van der Waals surface area contributed by atoms with Crippen LogP contribution >= 0.6 is 0 Å². The highest BCUT2D eigenvalue weighted by Gasteiger charge is 2.16. The first-order valence-electron chi connectivity index (χ1n) is 7.60. The molecule has 3 rings (SSSR count). The van der Waals surface area contributed by atoms with E-state index in [4.69, 9.17) is 0 Å². The SMILES string of the molecule is CCn1c(/C(C#N)=C\c2ccc(O)c([N+](=O)[O-])c2)nc2ccccc21. The van der Waals surface area contributed by atoms with Crippen LogP contribution < -0.4 is 0 Å². The van der Waals surface area contributed by atoms with Crippen LogP contribution in [0.25, 0.3) is 22.7 Å². The van der Waals surface area contributed by atoms with Gasteiger partial charge in [-0.3, -0.25) is 10.1 Å². The van der Waals surface area contributed by atoms with Crippen LogP contribution in [0.5, 0.6) is 5.75 Å². The number of phenols is 1. The molecule has 0 unspecified atom stereocenters. The largest absolute Gasteiger partial charge is 0.502 e. The lowest BCUT2D eigenvalue weighted by Crippen LogP contribution is -2.00. The minimum Gasteiger partial charge on any atom is -0.502 e. The topological polar surface area (TPSA) is 105 Å². The van der Waals surface area contributed by atoms with Crippen molar-refractivity contribution in [2.75, 3.05) is 0 Å². The van der Waals surface area contributed by atoms with Crippen molar-refractivity contribution in [1.82, 2.24) is 9.55 Å². The first-order chi connectivity index (χ1) is 12.0. The van der Waals surface area contributed by atoms with Crippen LogP contribution in [0.3, 0.4) is 0 Å². The van der Waals surface area contributed by atoms with Gasteiger partial charge in [0.05, 0.1) is 21.5 Å². The molecule has 1 aromatic heterocycles. The van der Waals surface area contributed by atoms with Crippen molar-refractivity contribution in [1.29, 1.82) is 5.26 Å². The molecule has 0 atom stereocenters. The summed E-state index contributed by atoms with van der Waals surface area (Å²) in [6.07, 6.45) is 1.53. The second-order valence-corrected chi connectivity index (χ2v) is 5.34. The summed E-state index contributed by atoms with van der Waals surface area (Å²) >= 11 is 0. The summed E-state index contributed by atoms with van der Waals surface area (Å²) in [6.45, 7) is 2.59. The molecule has 0 amide bonds. The van der Waals surface area contributed by atoms with Crippen molar-refractivity contribution in [3.05, 3.63) is 64.0 Å². The van der Waals surface area contributed by atoms with Gasteiger partial charge in [-0.05, 0) is 36.8 Å². The molecular formula is C18H14N4O3. The number of nitriles is 1. The number of fused-ring (bicyclic) bond motifs is 1. The van der Waals surface area contributed by atoms with E-state index in [-0.39, 0.29) is 5.57 Å². The average Bonchev–Trinajstić information content (AvgIpc) is 2.99. The van der Waals surface area contributed by atoms with E-state index in [1.54, 1.807) is 0 Å². The Balaban J connectivity index is 2.16. The van der Waals surface area contributed by atoms with Crippen molar-refractivity contribution < 1.29 is 10.0 Å². The Kier molecular flexibility index (Phi) is 4.18. The molecule has 1 N–H and O–H groups in total. The van der Waals surface area contributed by atoms with Gasteiger partial charge in [0.15, 0.2) is 11.6 Å². The van der Waals surface area contributed by atoms with Crippen LogP contribution in [0.4, 0.5) is 5.69 Å². The van der Waals surface area contributed by atoms with Gasteiger partial charge in [-0.2, -0.15) is 5.26 Å². The Morgan fingerprint density at radius 2 is 2.16 bits per heavy atom. The highest BCUT2D eigenvalue weighted by atomic mass is 16.6. The van der Waals surface area contributed by atoms with Crippen molar-refractivity contribution in [3.63, 3.8) is 0 Å². The van der Waals surface area contributed by atoms with Gasteiger partial charge < -0.3 is 9.67 Å². The summed E-state index contributed by atoms with van der Waals surface area (Å²) in [5, 5.41) is 30.1. The number of nitro groups is 1. The highest BCUT2D eigenvalue weighted by molar-refractivity contribution is 5.91. The third-order valence-corrected chi connectivity index (χ3v) is 3.84. The number of para-hydroxylation sites is 2. The number of aromatic nitrogens is 2. The van der Waals surface area contributed by atoms with E-state index < -0.39 is 16.4 Å². The Hall–Kier alpha value is -3.66. The van der Waals surface area contributed by atoms with Crippen molar-refractivity contribution in [2.45, 2.75) is 13.5 Å². The summed E-state index contributed by atoms with van der Waals surface area (Å²) in [6, 6.07) is 13.7. The third-order valence-electron chi connectivity index (χ3n) is 3.84. The van der Waals surface area contributed by atoms with Crippen molar-refractivity contribution in [2.24, 2.45) is 0 Å². The van der Waals surface area contributed by atoms with Crippen LogP contribution in [0.1, 0.15) is 18.3 Å². The number of nitrogens with zero attached hydrogens (tertiary/aromatic N) is 4. The van der Waals surface area contributed by atoms with E-state index in [0.29, 0.717) is 17.9 Å². The molecule has 0 aliphatic rings. The molecule has 0 bridgehead atoms. The molecule has 1 heterocycles. The molecule has 124 valence electrons. The smallest absolute Gasteiger partial charge is 0.311 e. The van der Waals surface area contributed by atoms with E-state index in [9.17, 15) is 20.5 Å². The summed E-state index contributed by atoms with van der Waals surface area (Å²) in [7, 11) is 0. The Bertz CT molecular complexity index is 1040. The van der Waals surface area contributed by atoms with E-state index in [1.165, 1.54) is 24.3 Å². The number of imidazole rings is 1. The summed E-state index contributed by atoms with van der Waals surface area (Å²) in [5.74, 6) is 0.0865. The molecule has 7 heteroatoms. The van der Waals surface area contributed by atoms with Gasteiger partial charge in [0.25, 0.3) is 0 Å². The Labute approximate surface area is 143 Å². The van der Waals surface area contributed by atoms with Gasteiger partial charge in [-0.1, -0.05) is 18.2 Å². The van der Waals surface area contributed by atoms with Gasteiger partial charge in [-0.15, -0.1) is 0 Å². The fraction of sp³-hybridized carbons (Fsp3) is 0.111. The normalized spacial score (nSPS) is 11.4. The number of phenolic OH excluding ortho intramolecular Hbond substituents is 1. The quantitative estimate of drug-likeness (QED) is 0.444. The van der Waals surface area contributed by atoms with E-state index in [2.05, 4.69) is 11.1 Å². The maximum absolute atomic E-state index is 11.0. The molecule has 0 spiro atoms. The van der Waals surface area contributed by atoms with E-state index in [1.807, 2.05) is 35.8 Å². The number of benzene rings is 2. The van der Waals surface area contributed by atoms with Crippen molar-refractivity contribution in [3.8, 4) is 11.8 Å². The number of rotatable bonds is 4. The second kappa shape index (κ2) is 6.45. The second-order valence-electron chi connectivity index (χ2n) is 5.34. The molecule has 0 radical (unpaired) electrons. The molecule has 0 aliphatic carbocycles. The van der Waals surface area contributed by atoms with Gasteiger partial charge in [0.1, 0.15) is 6.07 Å². The predicted octanol–water partition coefficient (Wildman–Crippen LogP) is 3.73. The highest BCUT2D eigenvalue weighted by Crippen LogP contribution is 2.29. The zero-order valence-electron chi connectivity index (χ0n) is 13.4. The summed E-state index contributed by atoms with van der Waals surface area (Å²) < 4.78 is 1.92. The molecule has 0 fully saturated rings. The van der Waals surface area contributed by atoms with Crippen LogP contribution in [-0.4, -0.2) is 19.6 Å². The fourth-order valence-corrected chi connectivity index (χ4v) is 2.69. The Morgan fingerprint density at radius 1 is 1.40 bits per heavy atom. The van der Waals surface area contributed by atoms with Crippen LogP contribution in [0.15, 0.2) is 42.5 Å². The van der Waals surface area contributed by atoms with Gasteiger partial charge >= 0.3 is 5.69 Å². The molecular weight excluding hydrogens is 320 g/mol. The maximum atomic E-state index is 11.0. The van der Waals surface area contributed by atoms with Gasteiger partial charge in [0, 0.05) is 12.6 Å². The lowest BCUT2D eigenvalue weighted by Gasteiger charge is -2.05. The standard InChI is InChI=1S/C18H14N4O3/c1-2-21-15-6-4-3-5-14(15)20-18(21)13(11-19)9-12-7-8-17(23)16(10-12)22(24)25/h3-10,23H,2H2,1H3/b13-9-. The Morgan fingerprint density at radius 3 is 2.84 bits per heavy atom. The number of nitro benzene ring substituents is 1.